The Kier molecular flexibility index (Phi) is 7.02. The molecule has 0 aliphatic carbocycles. The van der Waals surface area contributed by atoms with Crippen molar-refractivity contribution in [3.8, 4) is 5.75 Å². The summed E-state index contributed by atoms with van der Waals surface area (Å²) in [5, 5.41) is 6.48. The van der Waals surface area contributed by atoms with Gasteiger partial charge in [0, 0.05) is 32.7 Å². The van der Waals surface area contributed by atoms with E-state index in [2.05, 4.69) is 25.5 Å². The lowest BCUT2D eigenvalue weighted by atomic mass is 10.2. The molecule has 0 spiro atoms. The van der Waals surface area contributed by atoms with Crippen molar-refractivity contribution in [3.05, 3.63) is 42.2 Å². The molecule has 1 saturated heterocycles. The topological polar surface area (TPSA) is 62.3 Å². The zero-order chi connectivity index (χ0) is 15.9. The van der Waals surface area contributed by atoms with Gasteiger partial charge in [0.1, 0.15) is 5.75 Å². The van der Waals surface area contributed by atoms with Gasteiger partial charge in [0.25, 0.3) is 0 Å². The number of hydrogen-bond acceptors (Lipinski definition) is 6. The predicted octanol–water partition coefficient (Wildman–Crippen LogP) is 2.23. The van der Waals surface area contributed by atoms with Crippen LogP contribution in [-0.2, 0) is 6.54 Å². The van der Waals surface area contributed by atoms with E-state index in [4.69, 9.17) is 4.74 Å². The normalized spacial score (nSPS) is 14.0. The van der Waals surface area contributed by atoms with Crippen LogP contribution in [0.1, 0.15) is 5.56 Å². The largest absolute Gasteiger partial charge is 0.463 e. The molecule has 6 nitrogen and oxygen atoms in total. The fourth-order valence-electron chi connectivity index (χ4n) is 2.49. The van der Waals surface area contributed by atoms with Crippen LogP contribution in [0.4, 0.5) is 16.0 Å². The van der Waals surface area contributed by atoms with E-state index >= 15 is 0 Å². The highest BCUT2D eigenvalue weighted by Crippen LogP contribution is 2.16. The van der Waals surface area contributed by atoms with Crippen molar-refractivity contribution in [2.45, 2.75) is 6.54 Å². The molecule has 1 fully saturated rings. The molecule has 2 aromatic rings. The summed E-state index contributed by atoms with van der Waals surface area (Å²) < 4.78 is 17.0. The number of ether oxygens (including phenoxy) is 1. The number of rotatable bonds is 6. The minimum atomic E-state index is -0.826. The summed E-state index contributed by atoms with van der Waals surface area (Å²) in [4.78, 5) is 11.0. The molecular formula is C16H21ClFN5O. The quantitative estimate of drug-likeness (QED) is 0.830. The Morgan fingerprint density at radius 1 is 1.21 bits per heavy atom. The van der Waals surface area contributed by atoms with Crippen LogP contribution >= 0.6 is 12.4 Å². The maximum absolute atomic E-state index is 12.2. The number of anilines is 2. The van der Waals surface area contributed by atoms with E-state index in [1.807, 2.05) is 24.5 Å². The van der Waals surface area contributed by atoms with Crippen molar-refractivity contribution >= 4 is 24.0 Å². The van der Waals surface area contributed by atoms with Crippen LogP contribution in [0.2, 0.25) is 0 Å². The van der Waals surface area contributed by atoms with Crippen molar-refractivity contribution < 1.29 is 9.13 Å². The highest BCUT2D eigenvalue weighted by Gasteiger charge is 2.11. The third-order valence-corrected chi connectivity index (χ3v) is 3.69. The Morgan fingerprint density at radius 3 is 2.67 bits per heavy atom. The zero-order valence-corrected chi connectivity index (χ0v) is 14.1. The molecule has 1 aliphatic heterocycles. The third kappa shape index (κ3) is 4.94. The van der Waals surface area contributed by atoms with Crippen molar-refractivity contribution in [2.75, 3.05) is 43.3 Å². The monoisotopic (exact) mass is 353 g/mol. The van der Waals surface area contributed by atoms with Crippen molar-refractivity contribution in [1.29, 1.82) is 0 Å². The van der Waals surface area contributed by atoms with Crippen LogP contribution in [0.15, 0.2) is 36.7 Å². The minimum absolute atomic E-state index is 0. The molecule has 1 aromatic carbocycles. The molecule has 0 bridgehead atoms. The van der Waals surface area contributed by atoms with Crippen LogP contribution in [0.25, 0.3) is 0 Å². The molecule has 0 unspecified atom stereocenters. The van der Waals surface area contributed by atoms with Crippen LogP contribution in [-0.4, -0.2) is 43.0 Å². The number of nitrogens with zero attached hydrogens (tertiary/aromatic N) is 3. The fraction of sp³-hybridized carbons (Fsp3) is 0.375. The Labute approximate surface area is 146 Å². The molecular weight excluding hydrogens is 333 g/mol. The summed E-state index contributed by atoms with van der Waals surface area (Å²) in [5.41, 5.74) is 2.01. The zero-order valence-electron chi connectivity index (χ0n) is 13.2. The van der Waals surface area contributed by atoms with Gasteiger partial charge in [-0.25, -0.2) is 14.4 Å². The SMILES string of the molecule is Cl.FCOc1cccc(CNc2ncc(N3CCNCC3)cn2)c1. The van der Waals surface area contributed by atoms with E-state index in [1.165, 1.54) is 0 Å². The van der Waals surface area contributed by atoms with Gasteiger partial charge in [0.05, 0.1) is 18.1 Å². The van der Waals surface area contributed by atoms with Gasteiger partial charge in [-0.1, -0.05) is 12.1 Å². The number of piperazine rings is 1. The summed E-state index contributed by atoms with van der Waals surface area (Å²) >= 11 is 0. The average Bonchev–Trinajstić information content (AvgIpc) is 2.62. The number of halogens is 2. The van der Waals surface area contributed by atoms with Gasteiger partial charge in [-0.15, -0.1) is 12.4 Å². The van der Waals surface area contributed by atoms with E-state index in [0.29, 0.717) is 18.2 Å². The van der Waals surface area contributed by atoms with Crippen molar-refractivity contribution in [1.82, 2.24) is 15.3 Å². The minimum Gasteiger partial charge on any atom is -0.463 e. The van der Waals surface area contributed by atoms with Crippen molar-refractivity contribution in [2.24, 2.45) is 0 Å². The van der Waals surface area contributed by atoms with Crippen LogP contribution in [0, 0.1) is 0 Å². The van der Waals surface area contributed by atoms with Crippen LogP contribution in [0.5, 0.6) is 5.75 Å². The lowest BCUT2D eigenvalue weighted by Gasteiger charge is -2.28. The summed E-state index contributed by atoms with van der Waals surface area (Å²) in [7, 11) is 0. The summed E-state index contributed by atoms with van der Waals surface area (Å²) in [6, 6.07) is 7.28. The Hall–Kier alpha value is -2.12. The standard InChI is InChI=1S/C16H20FN5O.ClH/c17-12-23-15-3-1-2-13(8-15)9-19-16-20-10-14(11-21-16)22-6-4-18-5-7-22;/h1-3,8,10-11,18H,4-7,9,12H2,(H,19,20,21);1H. The molecule has 0 atom stereocenters. The lowest BCUT2D eigenvalue weighted by Crippen LogP contribution is -2.43. The molecule has 2 N–H and O–H groups in total. The maximum Gasteiger partial charge on any atom is 0.228 e. The molecule has 0 saturated carbocycles. The molecule has 0 radical (unpaired) electrons. The molecule has 130 valence electrons. The summed E-state index contributed by atoms with van der Waals surface area (Å²) in [6.45, 7) is 3.63. The number of hydrogen-bond donors (Lipinski definition) is 2. The average molecular weight is 354 g/mol. The summed E-state index contributed by atoms with van der Waals surface area (Å²) in [5.74, 6) is 1.09. The van der Waals surface area contributed by atoms with Gasteiger partial charge in [-0.3, -0.25) is 0 Å². The first-order valence-electron chi connectivity index (χ1n) is 7.64. The van der Waals surface area contributed by atoms with Gasteiger partial charge in [0.15, 0.2) is 0 Å². The van der Waals surface area contributed by atoms with Crippen LogP contribution < -0.4 is 20.3 Å². The number of alkyl halides is 1. The Morgan fingerprint density at radius 2 is 1.96 bits per heavy atom. The predicted molar refractivity (Wildman–Crippen MR) is 94.7 cm³/mol. The van der Waals surface area contributed by atoms with E-state index in [-0.39, 0.29) is 12.4 Å². The number of nitrogens with one attached hydrogen (secondary N) is 2. The van der Waals surface area contributed by atoms with Gasteiger partial charge in [0.2, 0.25) is 12.8 Å². The molecule has 0 amide bonds. The number of aromatic nitrogens is 2. The van der Waals surface area contributed by atoms with Gasteiger partial charge in [-0.2, -0.15) is 0 Å². The Bertz CT molecular complexity index is 622. The van der Waals surface area contributed by atoms with Gasteiger partial charge < -0.3 is 20.3 Å². The highest BCUT2D eigenvalue weighted by atomic mass is 35.5. The number of benzene rings is 1. The molecule has 1 aliphatic rings. The van der Waals surface area contributed by atoms with E-state index in [9.17, 15) is 4.39 Å². The first kappa shape index (κ1) is 18.2. The second-order valence-corrected chi connectivity index (χ2v) is 5.26. The van der Waals surface area contributed by atoms with Gasteiger partial charge >= 0.3 is 0 Å². The van der Waals surface area contributed by atoms with E-state index in [0.717, 1.165) is 37.4 Å². The molecule has 1 aromatic heterocycles. The van der Waals surface area contributed by atoms with Crippen LogP contribution in [0.3, 0.4) is 0 Å². The molecule has 8 heteroatoms. The second-order valence-electron chi connectivity index (χ2n) is 5.26. The lowest BCUT2D eigenvalue weighted by molar-refractivity contribution is 0.191. The second kappa shape index (κ2) is 9.24. The highest BCUT2D eigenvalue weighted by molar-refractivity contribution is 5.85. The van der Waals surface area contributed by atoms with Gasteiger partial charge in [-0.05, 0) is 17.7 Å². The van der Waals surface area contributed by atoms with E-state index < -0.39 is 6.86 Å². The Balaban J connectivity index is 0.00000208. The smallest absolute Gasteiger partial charge is 0.228 e. The molecule has 24 heavy (non-hydrogen) atoms. The first-order chi connectivity index (χ1) is 11.3. The van der Waals surface area contributed by atoms with Crippen molar-refractivity contribution in [3.63, 3.8) is 0 Å². The third-order valence-electron chi connectivity index (χ3n) is 3.69. The fourth-order valence-corrected chi connectivity index (χ4v) is 2.49. The summed E-state index contributed by atoms with van der Waals surface area (Å²) in [6.07, 6.45) is 3.67. The molecule has 2 heterocycles. The van der Waals surface area contributed by atoms with E-state index in [1.54, 1.807) is 12.1 Å². The maximum atomic E-state index is 12.2. The molecule has 3 rings (SSSR count). The first-order valence-corrected chi connectivity index (χ1v) is 7.64.